The van der Waals surface area contributed by atoms with Crippen LogP contribution in [0.5, 0.6) is 0 Å². The Bertz CT molecular complexity index is 1010. The summed E-state index contributed by atoms with van der Waals surface area (Å²) in [6.45, 7) is 0. The van der Waals surface area contributed by atoms with Gasteiger partial charge in [-0.3, -0.25) is 0 Å². The molecule has 0 saturated carbocycles. The summed E-state index contributed by atoms with van der Waals surface area (Å²) in [4.78, 5) is 0. The first-order valence-corrected chi connectivity index (χ1v) is 9.06. The lowest BCUT2D eigenvalue weighted by Crippen LogP contribution is -2.04. The Morgan fingerprint density at radius 2 is 1.44 bits per heavy atom. The van der Waals surface area contributed by atoms with Crippen molar-refractivity contribution in [2.45, 2.75) is 19.0 Å². The van der Waals surface area contributed by atoms with Crippen molar-refractivity contribution in [3.8, 4) is 0 Å². The highest BCUT2D eigenvalue weighted by atomic mass is 35.5. The first kappa shape index (κ1) is 17.9. The molecule has 0 N–H and O–H groups in total. The molecule has 3 aromatic rings. The van der Waals surface area contributed by atoms with E-state index in [0.29, 0.717) is 5.02 Å². The highest BCUT2D eigenvalue weighted by Gasteiger charge is 2.29. The number of rotatable bonds is 1. The smallest absolute Gasteiger partial charge is 0.166 e. The predicted molar refractivity (Wildman–Crippen MR) is 104 cm³/mol. The maximum atomic E-state index is 12.8. The third kappa shape index (κ3) is 3.65. The van der Waals surface area contributed by atoms with Gasteiger partial charge in [-0.05, 0) is 76.6 Å². The van der Waals surface area contributed by atoms with Crippen LogP contribution < -0.4 is 0 Å². The maximum absolute atomic E-state index is 12.8. The lowest BCUT2D eigenvalue weighted by Gasteiger charge is -2.13. The molecule has 0 amide bonds. The standard InChI is InChI=1S/C23H16ClF3/c24-19-11-12-21-17(14-19)8-7-16-3-1-2-4-20(16)22(21)13-15-5-9-18(10-6-15)23(25,26)27/h1-6,9-14H,7-8H2/b22-13-. The number of halogens is 4. The van der Waals surface area contributed by atoms with Crippen LogP contribution in [0.3, 0.4) is 0 Å². The van der Waals surface area contributed by atoms with Crippen LogP contribution in [-0.4, -0.2) is 0 Å². The van der Waals surface area contributed by atoms with Gasteiger partial charge in [0.2, 0.25) is 0 Å². The monoisotopic (exact) mass is 384 g/mol. The van der Waals surface area contributed by atoms with Gasteiger partial charge in [0.05, 0.1) is 5.56 Å². The zero-order valence-electron chi connectivity index (χ0n) is 14.4. The van der Waals surface area contributed by atoms with E-state index in [2.05, 4.69) is 12.1 Å². The molecule has 0 spiro atoms. The predicted octanol–water partition coefficient (Wildman–Crippen LogP) is 7.05. The average Bonchev–Trinajstić information content (AvgIpc) is 2.79. The molecule has 0 unspecified atom stereocenters. The number of benzene rings is 3. The molecule has 0 aromatic heterocycles. The van der Waals surface area contributed by atoms with E-state index in [4.69, 9.17) is 11.6 Å². The first-order chi connectivity index (χ1) is 12.9. The van der Waals surface area contributed by atoms with Crippen LogP contribution in [0.25, 0.3) is 11.6 Å². The Balaban J connectivity index is 1.87. The normalized spacial score (nSPS) is 15.2. The second kappa shape index (κ2) is 6.90. The second-order valence-electron chi connectivity index (χ2n) is 6.64. The molecule has 136 valence electrons. The Morgan fingerprint density at radius 3 is 2.19 bits per heavy atom. The van der Waals surface area contributed by atoms with Crippen LogP contribution in [0.1, 0.15) is 33.4 Å². The van der Waals surface area contributed by atoms with Crippen molar-refractivity contribution in [1.82, 2.24) is 0 Å². The largest absolute Gasteiger partial charge is 0.416 e. The summed E-state index contributed by atoms with van der Waals surface area (Å²) in [6.07, 6.45) is -0.605. The van der Waals surface area contributed by atoms with Crippen molar-refractivity contribution >= 4 is 23.3 Å². The van der Waals surface area contributed by atoms with Crippen molar-refractivity contribution in [2.24, 2.45) is 0 Å². The molecule has 0 aliphatic heterocycles. The van der Waals surface area contributed by atoms with Crippen LogP contribution in [0.15, 0.2) is 66.7 Å². The Hall–Kier alpha value is -2.52. The summed E-state index contributed by atoms with van der Waals surface area (Å²) in [7, 11) is 0. The van der Waals surface area contributed by atoms with Crippen LogP contribution in [0.2, 0.25) is 5.02 Å². The molecule has 27 heavy (non-hydrogen) atoms. The number of aryl methyl sites for hydroxylation is 2. The summed E-state index contributed by atoms with van der Waals surface area (Å²) >= 11 is 6.18. The van der Waals surface area contributed by atoms with Gasteiger partial charge in [-0.25, -0.2) is 0 Å². The van der Waals surface area contributed by atoms with E-state index in [-0.39, 0.29) is 0 Å². The Morgan fingerprint density at radius 1 is 0.778 bits per heavy atom. The fraction of sp³-hybridized carbons (Fsp3) is 0.130. The SMILES string of the molecule is FC(F)(F)c1ccc(/C=C2/c3ccccc3CCc3cc(Cl)ccc32)cc1. The number of alkyl halides is 3. The fourth-order valence-corrected chi connectivity index (χ4v) is 3.73. The molecule has 0 fully saturated rings. The van der Waals surface area contributed by atoms with Crippen molar-refractivity contribution in [3.05, 3.63) is 105 Å². The number of fused-ring (bicyclic) bond motifs is 2. The lowest BCUT2D eigenvalue weighted by molar-refractivity contribution is -0.137. The highest BCUT2D eigenvalue weighted by Crippen LogP contribution is 2.36. The minimum absolute atomic E-state index is 0.641. The van der Waals surface area contributed by atoms with Crippen LogP contribution in [-0.2, 0) is 19.0 Å². The molecule has 0 radical (unpaired) electrons. The van der Waals surface area contributed by atoms with E-state index in [9.17, 15) is 13.2 Å². The molecule has 1 aliphatic carbocycles. The van der Waals surface area contributed by atoms with Crippen molar-refractivity contribution in [2.75, 3.05) is 0 Å². The Labute approximate surface area is 160 Å². The van der Waals surface area contributed by atoms with Crippen molar-refractivity contribution < 1.29 is 13.2 Å². The molecule has 0 bridgehead atoms. The van der Waals surface area contributed by atoms with Gasteiger partial charge in [0, 0.05) is 5.02 Å². The quantitative estimate of drug-likeness (QED) is 0.422. The zero-order valence-corrected chi connectivity index (χ0v) is 15.1. The van der Waals surface area contributed by atoms with E-state index >= 15 is 0 Å². The minimum Gasteiger partial charge on any atom is -0.166 e. The molecule has 1 aliphatic rings. The zero-order chi connectivity index (χ0) is 19.0. The van der Waals surface area contributed by atoms with E-state index in [1.54, 1.807) is 0 Å². The minimum atomic E-state index is -4.33. The molecule has 0 atom stereocenters. The van der Waals surface area contributed by atoms with Gasteiger partial charge in [-0.2, -0.15) is 13.2 Å². The summed E-state index contributed by atoms with van der Waals surface area (Å²) in [5.41, 5.74) is 5.66. The second-order valence-corrected chi connectivity index (χ2v) is 7.07. The molecule has 0 saturated heterocycles. The van der Waals surface area contributed by atoms with E-state index in [0.717, 1.165) is 52.8 Å². The number of hydrogen-bond acceptors (Lipinski definition) is 0. The fourth-order valence-electron chi connectivity index (χ4n) is 3.54. The van der Waals surface area contributed by atoms with Gasteiger partial charge >= 0.3 is 6.18 Å². The Kier molecular flexibility index (Phi) is 4.56. The molecule has 4 rings (SSSR count). The van der Waals surface area contributed by atoms with E-state index in [1.807, 2.05) is 36.4 Å². The summed E-state index contributed by atoms with van der Waals surface area (Å²) < 4.78 is 38.5. The van der Waals surface area contributed by atoms with Gasteiger partial charge in [0.25, 0.3) is 0 Å². The third-order valence-electron chi connectivity index (χ3n) is 4.88. The summed E-state index contributed by atoms with van der Waals surface area (Å²) in [5, 5.41) is 0.689. The van der Waals surface area contributed by atoms with Crippen molar-refractivity contribution in [1.29, 1.82) is 0 Å². The molecule has 0 nitrogen and oxygen atoms in total. The van der Waals surface area contributed by atoms with Crippen LogP contribution >= 0.6 is 11.6 Å². The van der Waals surface area contributed by atoms with Gasteiger partial charge in [-0.1, -0.05) is 54.1 Å². The molecular formula is C23H16ClF3. The first-order valence-electron chi connectivity index (χ1n) is 8.68. The molecule has 3 aromatic carbocycles. The summed E-state index contributed by atoms with van der Waals surface area (Å²) in [6, 6.07) is 19.3. The molecule has 0 heterocycles. The highest BCUT2D eigenvalue weighted by molar-refractivity contribution is 6.30. The topological polar surface area (TPSA) is 0 Å². The number of hydrogen-bond donors (Lipinski definition) is 0. The maximum Gasteiger partial charge on any atom is 0.416 e. The van der Waals surface area contributed by atoms with Gasteiger partial charge < -0.3 is 0 Å². The van der Waals surface area contributed by atoms with Gasteiger partial charge in [-0.15, -0.1) is 0 Å². The van der Waals surface area contributed by atoms with Gasteiger partial charge in [0.1, 0.15) is 0 Å². The summed E-state index contributed by atoms with van der Waals surface area (Å²) in [5.74, 6) is 0. The molecule has 4 heteroatoms. The third-order valence-corrected chi connectivity index (χ3v) is 5.11. The van der Waals surface area contributed by atoms with Crippen molar-refractivity contribution in [3.63, 3.8) is 0 Å². The average molecular weight is 385 g/mol. The molecular weight excluding hydrogens is 369 g/mol. The van der Waals surface area contributed by atoms with E-state index < -0.39 is 11.7 Å². The van der Waals surface area contributed by atoms with Crippen LogP contribution in [0.4, 0.5) is 13.2 Å². The van der Waals surface area contributed by atoms with E-state index in [1.165, 1.54) is 17.7 Å². The van der Waals surface area contributed by atoms with Crippen LogP contribution in [0, 0.1) is 0 Å². The lowest BCUT2D eigenvalue weighted by atomic mass is 9.92. The van der Waals surface area contributed by atoms with Gasteiger partial charge in [0.15, 0.2) is 0 Å².